The number of aliphatic hydroxyl groups is 1. The van der Waals surface area contributed by atoms with Crippen LogP contribution in [0.4, 0.5) is 4.79 Å². The van der Waals surface area contributed by atoms with Crippen LogP contribution in [0.25, 0.3) is 0 Å². The van der Waals surface area contributed by atoms with Gasteiger partial charge in [-0.25, -0.2) is 4.79 Å². The lowest BCUT2D eigenvalue weighted by Gasteiger charge is -2.27. The number of hydrogen-bond donors (Lipinski definition) is 2. The van der Waals surface area contributed by atoms with E-state index in [2.05, 4.69) is 5.32 Å². The summed E-state index contributed by atoms with van der Waals surface area (Å²) in [5.41, 5.74) is 1.88. The molecule has 2 aromatic rings. The van der Waals surface area contributed by atoms with Crippen molar-refractivity contribution in [3.63, 3.8) is 0 Å². The molecule has 6 heteroatoms. The van der Waals surface area contributed by atoms with Crippen molar-refractivity contribution < 1.29 is 14.6 Å². The molecule has 0 aliphatic rings. The zero-order valence-corrected chi connectivity index (χ0v) is 13.7. The molecule has 1 unspecified atom stereocenters. The third-order valence-corrected chi connectivity index (χ3v) is 3.80. The number of ether oxygens (including phenoxy) is 1. The number of amides is 2. The van der Waals surface area contributed by atoms with Crippen LogP contribution in [-0.4, -0.2) is 41.4 Å². The van der Waals surface area contributed by atoms with Crippen LogP contribution in [0, 0.1) is 0 Å². The van der Waals surface area contributed by atoms with Gasteiger partial charge < -0.3 is 24.6 Å². The minimum Gasteiger partial charge on any atom is -0.497 e. The number of hydrogen-bond acceptors (Lipinski definition) is 3. The van der Waals surface area contributed by atoms with Gasteiger partial charge in [0, 0.05) is 33.0 Å². The molecule has 2 rings (SSSR count). The average Bonchev–Trinajstić information content (AvgIpc) is 2.99. The van der Waals surface area contributed by atoms with Gasteiger partial charge in [0.1, 0.15) is 5.75 Å². The van der Waals surface area contributed by atoms with E-state index in [4.69, 9.17) is 4.74 Å². The summed E-state index contributed by atoms with van der Waals surface area (Å²) < 4.78 is 7.05. The van der Waals surface area contributed by atoms with Crippen molar-refractivity contribution in [1.82, 2.24) is 14.8 Å². The maximum atomic E-state index is 12.3. The number of rotatable bonds is 6. The zero-order chi connectivity index (χ0) is 16.8. The third-order valence-electron chi connectivity index (χ3n) is 3.80. The first kappa shape index (κ1) is 16.9. The monoisotopic (exact) mass is 317 g/mol. The smallest absolute Gasteiger partial charge is 0.318 e. The van der Waals surface area contributed by atoms with Crippen molar-refractivity contribution in [3.05, 3.63) is 53.9 Å². The molecule has 1 aromatic carbocycles. The highest BCUT2D eigenvalue weighted by Crippen LogP contribution is 2.21. The fraction of sp³-hybridized carbons (Fsp3) is 0.353. The summed E-state index contributed by atoms with van der Waals surface area (Å²) in [4.78, 5) is 13.8. The van der Waals surface area contributed by atoms with Crippen molar-refractivity contribution in [2.45, 2.75) is 12.6 Å². The van der Waals surface area contributed by atoms with E-state index in [0.717, 1.165) is 16.9 Å². The lowest BCUT2D eigenvalue weighted by atomic mass is 10.1. The second-order valence-corrected chi connectivity index (χ2v) is 5.43. The summed E-state index contributed by atoms with van der Waals surface area (Å²) in [6.07, 6.45) is 3.88. The first-order valence-corrected chi connectivity index (χ1v) is 7.41. The molecule has 0 radical (unpaired) electrons. The van der Waals surface area contributed by atoms with E-state index in [0.29, 0.717) is 6.54 Å². The van der Waals surface area contributed by atoms with Crippen molar-refractivity contribution in [2.24, 2.45) is 7.05 Å². The maximum Gasteiger partial charge on any atom is 0.318 e. The lowest BCUT2D eigenvalue weighted by Crippen LogP contribution is -2.40. The van der Waals surface area contributed by atoms with Crippen LogP contribution >= 0.6 is 0 Å². The molecule has 0 spiro atoms. The molecule has 6 nitrogen and oxygen atoms in total. The van der Waals surface area contributed by atoms with E-state index in [-0.39, 0.29) is 12.6 Å². The minimum absolute atomic E-state index is 0.151. The Morgan fingerprint density at radius 2 is 2.04 bits per heavy atom. The van der Waals surface area contributed by atoms with Gasteiger partial charge in [-0.2, -0.15) is 0 Å². The Labute approximate surface area is 136 Å². The number of urea groups is 1. The van der Waals surface area contributed by atoms with E-state index in [1.54, 1.807) is 14.2 Å². The van der Waals surface area contributed by atoms with Gasteiger partial charge in [0.25, 0.3) is 0 Å². The fourth-order valence-corrected chi connectivity index (χ4v) is 2.39. The van der Waals surface area contributed by atoms with Crippen LogP contribution in [-0.2, 0) is 13.6 Å². The predicted molar refractivity (Wildman–Crippen MR) is 88.2 cm³/mol. The van der Waals surface area contributed by atoms with Crippen LogP contribution in [0.2, 0.25) is 0 Å². The van der Waals surface area contributed by atoms with Crippen molar-refractivity contribution in [3.8, 4) is 5.75 Å². The highest BCUT2D eigenvalue weighted by molar-refractivity contribution is 5.74. The van der Waals surface area contributed by atoms with Crippen LogP contribution < -0.4 is 10.1 Å². The Bertz CT molecular complexity index is 637. The lowest BCUT2D eigenvalue weighted by molar-refractivity contribution is 0.149. The number of aromatic nitrogens is 1. The molecule has 0 saturated heterocycles. The summed E-state index contributed by atoms with van der Waals surface area (Å²) in [5, 5.41) is 12.5. The molecule has 1 aromatic heterocycles. The summed E-state index contributed by atoms with van der Waals surface area (Å²) in [6, 6.07) is 8.64. The van der Waals surface area contributed by atoms with E-state index < -0.39 is 6.04 Å². The number of benzene rings is 1. The van der Waals surface area contributed by atoms with Crippen molar-refractivity contribution in [2.75, 3.05) is 20.8 Å². The van der Waals surface area contributed by atoms with Crippen molar-refractivity contribution >= 4 is 6.03 Å². The number of carbonyl (C=O) groups excluding carboxylic acids is 1. The molecule has 0 bridgehead atoms. The van der Waals surface area contributed by atoms with Crippen molar-refractivity contribution in [1.29, 1.82) is 0 Å². The summed E-state index contributed by atoms with van der Waals surface area (Å²) >= 11 is 0. The molecule has 0 aliphatic carbocycles. The molecule has 0 saturated carbocycles. The molecule has 0 fully saturated rings. The Hall–Kier alpha value is -2.47. The number of aryl methyl sites for hydroxylation is 1. The van der Waals surface area contributed by atoms with Crippen LogP contribution in [0.1, 0.15) is 17.2 Å². The molecule has 2 amide bonds. The number of aliphatic hydroxyl groups excluding tert-OH is 1. The first-order valence-electron chi connectivity index (χ1n) is 7.41. The largest absolute Gasteiger partial charge is 0.497 e. The van der Waals surface area contributed by atoms with Gasteiger partial charge in [-0.3, -0.25) is 0 Å². The molecule has 0 aliphatic heterocycles. The summed E-state index contributed by atoms with van der Waals surface area (Å²) in [5.74, 6) is 0.738. The van der Waals surface area contributed by atoms with Gasteiger partial charge in [0.05, 0.1) is 19.8 Å². The van der Waals surface area contributed by atoms with Gasteiger partial charge in [0.15, 0.2) is 0 Å². The Morgan fingerprint density at radius 3 is 2.57 bits per heavy atom. The molecule has 2 N–H and O–H groups in total. The summed E-state index contributed by atoms with van der Waals surface area (Å²) in [7, 11) is 5.20. The maximum absolute atomic E-state index is 12.3. The zero-order valence-electron chi connectivity index (χ0n) is 13.7. The predicted octanol–water partition coefficient (Wildman–Crippen LogP) is 1.91. The van der Waals surface area contributed by atoms with Gasteiger partial charge >= 0.3 is 6.03 Å². The molecule has 1 heterocycles. The Morgan fingerprint density at radius 1 is 1.35 bits per heavy atom. The molecule has 1 atom stereocenters. The highest BCUT2D eigenvalue weighted by Gasteiger charge is 2.20. The molecular formula is C17H23N3O3. The third kappa shape index (κ3) is 4.26. The average molecular weight is 317 g/mol. The van der Waals surface area contributed by atoms with E-state index >= 15 is 0 Å². The number of carbonyl (C=O) groups is 1. The number of methoxy groups -OCH3 is 1. The van der Waals surface area contributed by atoms with Crippen LogP contribution in [0.15, 0.2) is 42.7 Å². The molecule has 124 valence electrons. The fourth-order valence-electron chi connectivity index (χ4n) is 2.39. The normalized spacial score (nSPS) is 11.8. The first-order chi connectivity index (χ1) is 11.0. The van der Waals surface area contributed by atoms with Crippen LogP contribution in [0.5, 0.6) is 5.75 Å². The van der Waals surface area contributed by atoms with E-state index in [1.165, 1.54) is 4.90 Å². The van der Waals surface area contributed by atoms with E-state index in [1.807, 2.05) is 54.3 Å². The number of likely N-dealkylation sites (N-methyl/N-ethyl adjacent to an activating group) is 1. The van der Waals surface area contributed by atoms with Gasteiger partial charge in [0.2, 0.25) is 0 Å². The minimum atomic E-state index is -0.406. The Kier molecular flexibility index (Phi) is 5.65. The molecule has 23 heavy (non-hydrogen) atoms. The topological polar surface area (TPSA) is 66.7 Å². The standard InChI is InChI=1S/C17H23N3O3/c1-19-9-8-13(11-19)10-18-17(22)20(2)16(12-21)14-4-6-15(23-3)7-5-14/h4-9,11,16,21H,10,12H2,1-3H3,(H,18,22). The van der Waals surface area contributed by atoms with E-state index in [9.17, 15) is 9.90 Å². The summed E-state index contributed by atoms with van der Waals surface area (Å²) in [6.45, 7) is 0.298. The van der Waals surface area contributed by atoms with Gasteiger partial charge in [-0.1, -0.05) is 12.1 Å². The quantitative estimate of drug-likeness (QED) is 0.855. The number of nitrogens with one attached hydrogen (secondary N) is 1. The number of nitrogens with zero attached hydrogens (tertiary/aromatic N) is 2. The Balaban J connectivity index is 1.99. The second kappa shape index (κ2) is 7.69. The van der Waals surface area contributed by atoms with Gasteiger partial charge in [-0.05, 0) is 29.3 Å². The highest BCUT2D eigenvalue weighted by atomic mass is 16.5. The molecular weight excluding hydrogens is 294 g/mol. The van der Waals surface area contributed by atoms with Gasteiger partial charge in [-0.15, -0.1) is 0 Å². The second-order valence-electron chi connectivity index (χ2n) is 5.43. The van der Waals surface area contributed by atoms with Crippen LogP contribution in [0.3, 0.4) is 0 Å². The SMILES string of the molecule is COc1ccc(C(CO)N(C)C(=O)NCc2ccn(C)c2)cc1.